The fourth-order valence-corrected chi connectivity index (χ4v) is 3.56. The number of H-pyrrole nitrogens is 2. The number of rotatable bonds is 5. The maximum atomic E-state index is 12.5. The summed E-state index contributed by atoms with van der Waals surface area (Å²) < 4.78 is 0. The van der Waals surface area contributed by atoms with Gasteiger partial charge in [-0.2, -0.15) is 5.10 Å². The van der Waals surface area contributed by atoms with Gasteiger partial charge < -0.3 is 25.4 Å². The Hall–Kier alpha value is -3.50. The maximum absolute atomic E-state index is 12.5. The molecule has 1 atom stereocenters. The number of pyridine rings is 1. The molecule has 0 saturated heterocycles. The molecule has 0 radical (unpaired) electrons. The average Bonchev–Trinajstić information content (AvgIpc) is 3.35. The molecule has 1 unspecified atom stereocenters. The Morgan fingerprint density at radius 1 is 1.32 bits per heavy atom. The second-order valence-electron chi connectivity index (χ2n) is 7.58. The van der Waals surface area contributed by atoms with Crippen LogP contribution in [0, 0.1) is 13.8 Å². The zero-order valence-corrected chi connectivity index (χ0v) is 17.3. The minimum atomic E-state index is -1.38. The normalized spacial score (nSPS) is 15.1. The van der Waals surface area contributed by atoms with Crippen LogP contribution in [-0.4, -0.2) is 72.9 Å². The van der Waals surface area contributed by atoms with E-state index in [0.717, 1.165) is 27.9 Å². The summed E-state index contributed by atoms with van der Waals surface area (Å²) in [4.78, 5) is 33.7. The second kappa shape index (κ2) is 8.32. The number of hydrogen-bond donors (Lipinski definition) is 5. The number of fused-ring (bicyclic) bond motifs is 1. The number of aryl methyl sites for hydroxylation is 1. The Morgan fingerprint density at radius 3 is 2.77 bits per heavy atom. The summed E-state index contributed by atoms with van der Waals surface area (Å²) in [5, 5.41) is 29.0. The van der Waals surface area contributed by atoms with E-state index in [0.29, 0.717) is 36.5 Å². The first-order valence-corrected chi connectivity index (χ1v) is 9.96. The number of aliphatic hydroxyl groups is 2. The molecule has 1 aliphatic heterocycles. The van der Waals surface area contributed by atoms with Gasteiger partial charge in [0.25, 0.3) is 11.8 Å². The Labute approximate surface area is 178 Å². The highest BCUT2D eigenvalue weighted by Gasteiger charge is 2.24. The predicted octanol–water partition coefficient (Wildman–Crippen LogP) is 1.12. The quantitative estimate of drug-likeness (QED) is 0.415. The third-order valence-corrected chi connectivity index (χ3v) is 5.52. The maximum Gasteiger partial charge on any atom is 0.276 e. The number of aromatic amines is 2. The number of hydrogen-bond acceptors (Lipinski definition) is 6. The summed E-state index contributed by atoms with van der Waals surface area (Å²) in [5.74, 6) is -0.776. The first-order valence-electron chi connectivity index (χ1n) is 9.96. The first kappa shape index (κ1) is 20.8. The highest BCUT2D eigenvalue weighted by molar-refractivity contribution is 6.04. The van der Waals surface area contributed by atoms with E-state index in [1.807, 2.05) is 32.1 Å². The summed E-state index contributed by atoms with van der Waals surface area (Å²) >= 11 is 0. The van der Waals surface area contributed by atoms with Gasteiger partial charge in [0, 0.05) is 35.4 Å². The van der Waals surface area contributed by atoms with Crippen LogP contribution in [0.3, 0.4) is 0 Å². The van der Waals surface area contributed by atoms with Crippen LogP contribution < -0.4 is 5.32 Å². The molecule has 31 heavy (non-hydrogen) atoms. The minimum Gasteiger partial charge on any atom is -0.393 e. The van der Waals surface area contributed by atoms with Crippen molar-refractivity contribution in [1.29, 1.82) is 0 Å². The molecule has 4 rings (SSSR count). The van der Waals surface area contributed by atoms with Gasteiger partial charge in [0.2, 0.25) is 0 Å². The number of anilines is 1. The standard InChI is InChI=1S/C21H24N6O4/c1-11-12(2)25-26-18(11)20(30)23-15-7-14-8-16(24-19(14)22-9-15)13-3-5-27(6-4-13)21(31)17(29)10-28/h3,7-9,17,28-29H,4-6,10H2,1-2H3,(H,22,24)(H,23,30)(H,25,26). The third-order valence-electron chi connectivity index (χ3n) is 5.52. The molecule has 4 heterocycles. The van der Waals surface area contributed by atoms with Gasteiger partial charge in [0.05, 0.1) is 18.5 Å². The number of amides is 2. The van der Waals surface area contributed by atoms with Crippen LogP contribution in [0.25, 0.3) is 16.6 Å². The van der Waals surface area contributed by atoms with Gasteiger partial charge in [-0.25, -0.2) is 4.98 Å². The highest BCUT2D eigenvalue weighted by atomic mass is 16.3. The summed E-state index contributed by atoms with van der Waals surface area (Å²) in [6, 6.07) is 3.79. The Kier molecular flexibility index (Phi) is 5.57. The number of carbonyl (C=O) groups is 2. The summed E-state index contributed by atoms with van der Waals surface area (Å²) in [5.41, 5.74) is 5.18. The van der Waals surface area contributed by atoms with Crippen LogP contribution in [0.5, 0.6) is 0 Å². The lowest BCUT2D eigenvalue weighted by Gasteiger charge is -2.27. The molecule has 3 aromatic heterocycles. The van der Waals surface area contributed by atoms with Crippen molar-refractivity contribution in [2.24, 2.45) is 0 Å². The van der Waals surface area contributed by atoms with Crippen LogP contribution in [0.15, 0.2) is 24.4 Å². The first-order chi connectivity index (χ1) is 14.9. The molecule has 5 N–H and O–H groups in total. The zero-order valence-electron chi connectivity index (χ0n) is 17.3. The van der Waals surface area contributed by atoms with Crippen molar-refractivity contribution >= 4 is 34.1 Å². The summed E-state index contributed by atoms with van der Waals surface area (Å²) in [7, 11) is 0. The Bertz CT molecular complexity index is 1180. The monoisotopic (exact) mass is 424 g/mol. The molecule has 10 nitrogen and oxygen atoms in total. The number of carbonyl (C=O) groups excluding carboxylic acids is 2. The number of aromatic nitrogens is 4. The van der Waals surface area contributed by atoms with Crippen molar-refractivity contribution in [2.75, 3.05) is 25.0 Å². The summed E-state index contributed by atoms with van der Waals surface area (Å²) in [6.07, 6.45) is 2.73. The van der Waals surface area contributed by atoms with Gasteiger partial charge in [-0.15, -0.1) is 0 Å². The molecule has 0 saturated carbocycles. The molecular formula is C21H24N6O4. The molecule has 3 aromatic rings. The predicted molar refractivity (Wildman–Crippen MR) is 114 cm³/mol. The molecule has 0 aliphatic carbocycles. The fourth-order valence-electron chi connectivity index (χ4n) is 3.56. The average molecular weight is 424 g/mol. The van der Waals surface area contributed by atoms with Crippen LogP contribution in [-0.2, 0) is 4.79 Å². The molecule has 0 bridgehead atoms. The minimum absolute atomic E-state index is 0.302. The van der Waals surface area contributed by atoms with Gasteiger partial charge >= 0.3 is 0 Å². The number of nitrogens with zero attached hydrogens (tertiary/aromatic N) is 3. The highest BCUT2D eigenvalue weighted by Crippen LogP contribution is 2.26. The van der Waals surface area contributed by atoms with Gasteiger partial charge in [-0.1, -0.05) is 6.08 Å². The molecular weight excluding hydrogens is 400 g/mol. The van der Waals surface area contributed by atoms with Crippen LogP contribution >= 0.6 is 0 Å². The van der Waals surface area contributed by atoms with Crippen molar-refractivity contribution in [3.05, 3.63) is 47.1 Å². The van der Waals surface area contributed by atoms with E-state index in [1.54, 1.807) is 6.20 Å². The molecule has 0 spiro atoms. The number of nitrogens with one attached hydrogen (secondary N) is 3. The van der Waals surface area contributed by atoms with E-state index in [1.165, 1.54) is 4.90 Å². The molecule has 0 aromatic carbocycles. The molecule has 10 heteroatoms. The third kappa shape index (κ3) is 4.07. The van der Waals surface area contributed by atoms with E-state index >= 15 is 0 Å². The topological polar surface area (TPSA) is 147 Å². The van der Waals surface area contributed by atoms with Crippen molar-refractivity contribution in [2.45, 2.75) is 26.4 Å². The number of aliphatic hydroxyl groups excluding tert-OH is 2. The van der Waals surface area contributed by atoms with Crippen LogP contribution in [0.4, 0.5) is 5.69 Å². The van der Waals surface area contributed by atoms with Gasteiger partial charge in [-0.05, 0) is 38.0 Å². The fraction of sp³-hybridized carbons (Fsp3) is 0.333. The molecule has 162 valence electrons. The zero-order chi connectivity index (χ0) is 22.1. The van der Waals surface area contributed by atoms with E-state index in [9.17, 15) is 14.7 Å². The Morgan fingerprint density at radius 2 is 2.13 bits per heavy atom. The Balaban J connectivity index is 1.49. The smallest absolute Gasteiger partial charge is 0.276 e. The van der Waals surface area contributed by atoms with Crippen molar-refractivity contribution in [1.82, 2.24) is 25.1 Å². The lowest BCUT2D eigenvalue weighted by Crippen LogP contribution is -2.42. The lowest BCUT2D eigenvalue weighted by molar-refractivity contribution is -0.141. The van der Waals surface area contributed by atoms with E-state index in [4.69, 9.17) is 5.11 Å². The summed E-state index contributed by atoms with van der Waals surface area (Å²) in [6.45, 7) is 3.92. The largest absolute Gasteiger partial charge is 0.393 e. The molecule has 1 aliphatic rings. The lowest BCUT2D eigenvalue weighted by atomic mass is 10.0. The van der Waals surface area contributed by atoms with Crippen LogP contribution in [0.2, 0.25) is 0 Å². The SMILES string of the molecule is Cc1[nH]nc(C(=O)Nc2cnc3[nH]c(C4=CCN(C(=O)C(O)CO)CC4)cc3c2)c1C. The van der Waals surface area contributed by atoms with E-state index < -0.39 is 18.6 Å². The van der Waals surface area contributed by atoms with Gasteiger partial charge in [0.1, 0.15) is 5.65 Å². The molecule has 0 fully saturated rings. The van der Waals surface area contributed by atoms with E-state index in [-0.39, 0.29) is 5.91 Å². The molecule has 2 amide bonds. The van der Waals surface area contributed by atoms with Gasteiger partial charge in [-0.3, -0.25) is 14.7 Å². The van der Waals surface area contributed by atoms with Crippen LogP contribution in [0.1, 0.15) is 33.9 Å². The second-order valence-corrected chi connectivity index (χ2v) is 7.58. The van der Waals surface area contributed by atoms with Gasteiger partial charge in [0.15, 0.2) is 11.8 Å². The van der Waals surface area contributed by atoms with Crippen molar-refractivity contribution in [3.63, 3.8) is 0 Å². The van der Waals surface area contributed by atoms with E-state index in [2.05, 4.69) is 25.5 Å². The van der Waals surface area contributed by atoms with Crippen molar-refractivity contribution < 1.29 is 19.8 Å². The van der Waals surface area contributed by atoms with Crippen molar-refractivity contribution in [3.8, 4) is 0 Å².